The first-order valence-corrected chi connectivity index (χ1v) is 6.90. The zero-order valence-electron chi connectivity index (χ0n) is 11.0. The lowest BCUT2D eigenvalue weighted by Gasteiger charge is -2.37. The van der Waals surface area contributed by atoms with E-state index in [4.69, 9.17) is 16.3 Å². The molecule has 0 amide bonds. The Balaban J connectivity index is 2.05. The van der Waals surface area contributed by atoms with Crippen LogP contribution in [0.1, 0.15) is 13.3 Å². The van der Waals surface area contributed by atoms with Gasteiger partial charge in [-0.2, -0.15) is 0 Å². The number of aliphatic hydroxyl groups excluding tert-OH is 1. The van der Waals surface area contributed by atoms with Crippen molar-refractivity contribution in [1.29, 1.82) is 0 Å². The molecule has 0 radical (unpaired) electrons. The molecule has 0 aromatic heterocycles. The smallest absolute Gasteiger partial charge is 0.228 e. The minimum absolute atomic E-state index is 0.0878. The van der Waals surface area contributed by atoms with E-state index in [1.807, 2.05) is 11.0 Å². The zero-order chi connectivity index (χ0) is 13.9. The molecule has 0 aromatic rings. The predicted molar refractivity (Wildman–Crippen MR) is 72.6 cm³/mol. The third-order valence-electron chi connectivity index (χ3n) is 3.21. The Morgan fingerprint density at radius 2 is 2.21 bits per heavy atom. The number of hydrogen-bond acceptors (Lipinski definition) is 4. The molecule has 0 spiro atoms. The third-order valence-corrected chi connectivity index (χ3v) is 3.53. The SMILES string of the molecule is C[C@@H](O)CNC1=CC=C(N2CCOCC2)C(F)(Cl)C1. The lowest BCUT2D eigenvalue weighted by atomic mass is 10.0. The molecule has 0 bridgehead atoms. The Morgan fingerprint density at radius 1 is 1.53 bits per heavy atom. The van der Waals surface area contributed by atoms with Crippen LogP contribution in [0.4, 0.5) is 4.39 Å². The molecule has 0 saturated carbocycles. The number of halogens is 2. The molecule has 1 fully saturated rings. The summed E-state index contributed by atoms with van der Waals surface area (Å²) in [4.78, 5) is 1.93. The van der Waals surface area contributed by atoms with Crippen LogP contribution in [-0.2, 0) is 4.74 Å². The second-order valence-corrected chi connectivity index (χ2v) is 5.55. The topological polar surface area (TPSA) is 44.7 Å². The molecule has 2 N–H and O–H groups in total. The van der Waals surface area contributed by atoms with Crippen LogP contribution in [0.25, 0.3) is 0 Å². The van der Waals surface area contributed by atoms with Crippen molar-refractivity contribution >= 4 is 11.6 Å². The van der Waals surface area contributed by atoms with E-state index in [1.165, 1.54) is 0 Å². The molecule has 1 aliphatic carbocycles. The minimum Gasteiger partial charge on any atom is -0.392 e. The van der Waals surface area contributed by atoms with E-state index in [9.17, 15) is 9.50 Å². The number of rotatable bonds is 4. The van der Waals surface area contributed by atoms with Crippen molar-refractivity contribution < 1.29 is 14.2 Å². The maximum Gasteiger partial charge on any atom is 0.228 e. The lowest BCUT2D eigenvalue weighted by molar-refractivity contribution is 0.0429. The van der Waals surface area contributed by atoms with E-state index in [-0.39, 0.29) is 6.42 Å². The molecule has 4 nitrogen and oxygen atoms in total. The minimum atomic E-state index is -1.90. The Hall–Kier alpha value is -0.780. The zero-order valence-corrected chi connectivity index (χ0v) is 11.8. The number of hydrogen-bond donors (Lipinski definition) is 2. The maximum absolute atomic E-state index is 14.6. The highest BCUT2D eigenvalue weighted by atomic mass is 35.5. The number of alkyl halides is 2. The average molecular weight is 291 g/mol. The van der Waals surface area contributed by atoms with E-state index in [0.29, 0.717) is 44.2 Å². The summed E-state index contributed by atoms with van der Waals surface area (Å²) >= 11 is 6.02. The number of nitrogens with zero attached hydrogens (tertiary/aromatic N) is 1. The van der Waals surface area contributed by atoms with Crippen LogP contribution in [0.2, 0.25) is 0 Å². The van der Waals surface area contributed by atoms with Crippen LogP contribution in [0, 0.1) is 0 Å². The fourth-order valence-corrected chi connectivity index (χ4v) is 2.56. The third kappa shape index (κ3) is 3.84. The number of nitrogens with one attached hydrogen (secondary N) is 1. The van der Waals surface area contributed by atoms with Crippen LogP contribution in [-0.4, -0.2) is 54.1 Å². The van der Waals surface area contributed by atoms with Crippen molar-refractivity contribution in [3.05, 3.63) is 23.5 Å². The van der Waals surface area contributed by atoms with Crippen LogP contribution >= 0.6 is 11.6 Å². The highest BCUT2D eigenvalue weighted by molar-refractivity contribution is 6.24. The Kier molecular flexibility index (Phi) is 4.71. The highest BCUT2D eigenvalue weighted by Crippen LogP contribution is 2.38. The molecule has 1 heterocycles. The van der Waals surface area contributed by atoms with Gasteiger partial charge in [0.05, 0.1) is 25.0 Å². The van der Waals surface area contributed by atoms with E-state index in [0.717, 1.165) is 0 Å². The second kappa shape index (κ2) is 6.11. The number of ether oxygens (including phenoxy) is 1. The summed E-state index contributed by atoms with van der Waals surface area (Å²) in [7, 11) is 0. The quantitative estimate of drug-likeness (QED) is 0.768. The average Bonchev–Trinajstić information content (AvgIpc) is 2.36. The van der Waals surface area contributed by atoms with Gasteiger partial charge >= 0.3 is 0 Å². The number of aliphatic hydroxyl groups is 1. The summed E-state index contributed by atoms with van der Waals surface area (Å²) in [6.45, 7) is 4.58. The molecule has 0 aromatic carbocycles. The van der Waals surface area contributed by atoms with Gasteiger partial charge < -0.3 is 20.1 Å². The van der Waals surface area contributed by atoms with E-state index in [1.54, 1.807) is 13.0 Å². The van der Waals surface area contributed by atoms with Gasteiger partial charge in [-0.1, -0.05) is 11.6 Å². The first kappa shape index (κ1) is 14.6. The summed E-state index contributed by atoms with van der Waals surface area (Å²) in [6, 6.07) is 0. The molecule has 1 unspecified atom stereocenters. The molecule has 1 aliphatic heterocycles. The van der Waals surface area contributed by atoms with Gasteiger partial charge in [0.2, 0.25) is 5.13 Å². The molecule has 2 aliphatic rings. The molecule has 108 valence electrons. The molecule has 1 saturated heterocycles. The molecular weight excluding hydrogens is 271 g/mol. The van der Waals surface area contributed by atoms with E-state index in [2.05, 4.69) is 5.32 Å². The van der Waals surface area contributed by atoms with Crippen molar-refractivity contribution in [2.75, 3.05) is 32.8 Å². The fourth-order valence-electron chi connectivity index (χ4n) is 2.23. The predicted octanol–water partition coefficient (Wildman–Crippen LogP) is 1.37. The molecular formula is C13H20ClFN2O2. The molecule has 19 heavy (non-hydrogen) atoms. The summed E-state index contributed by atoms with van der Waals surface area (Å²) in [5.74, 6) is 0. The maximum atomic E-state index is 14.6. The van der Waals surface area contributed by atoms with Crippen molar-refractivity contribution in [1.82, 2.24) is 10.2 Å². The standard InChI is InChI=1S/C13H20ClFN2O2/c1-10(18)9-16-11-2-3-12(13(14,15)8-11)17-4-6-19-7-5-17/h2-3,10,16,18H,4-9H2,1H3/t10-,13?/m1/s1. The van der Waals surface area contributed by atoms with Gasteiger partial charge in [-0.15, -0.1) is 0 Å². The van der Waals surface area contributed by atoms with Gasteiger partial charge in [0.25, 0.3) is 0 Å². The van der Waals surface area contributed by atoms with Crippen molar-refractivity contribution in [3.63, 3.8) is 0 Å². The lowest BCUT2D eigenvalue weighted by Crippen LogP contribution is -2.43. The summed E-state index contributed by atoms with van der Waals surface area (Å²) < 4.78 is 19.8. The van der Waals surface area contributed by atoms with Gasteiger partial charge in [0.15, 0.2) is 0 Å². The summed E-state index contributed by atoms with van der Waals surface area (Å²) in [6.07, 6.45) is 3.15. The van der Waals surface area contributed by atoms with Crippen molar-refractivity contribution in [2.45, 2.75) is 24.6 Å². The Morgan fingerprint density at radius 3 is 2.79 bits per heavy atom. The first-order chi connectivity index (χ1) is 8.99. The van der Waals surface area contributed by atoms with Gasteiger partial charge in [0.1, 0.15) is 0 Å². The van der Waals surface area contributed by atoms with Crippen LogP contribution in [0.15, 0.2) is 23.5 Å². The monoisotopic (exact) mass is 290 g/mol. The van der Waals surface area contributed by atoms with E-state index < -0.39 is 11.2 Å². The van der Waals surface area contributed by atoms with Gasteiger partial charge in [-0.05, 0) is 19.1 Å². The van der Waals surface area contributed by atoms with Gasteiger partial charge in [-0.3, -0.25) is 0 Å². The first-order valence-electron chi connectivity index (χ1n) is 6.53. The van der Waals surface area contributed by atoms with Crippen LogP contribution in [0.3, 0.4) is 0 Å². The van der Waals surface area contributed by atoms with Gasteiger partial charge in [-0.25, -0.2) is 4.39 Å². The van der Waals surface area contributed by atoms with Crippen molar-refractivity contribution in [3.8, 4) is 0 Å². The molecule has 6 heteroatoms. The summed E-state index contributed by atoms with van der Waals surface area (Å²) in [5, 5.41) is 10.3. The van der Waals surface area contributed by atoms with Crippen molar-refractivity contribution in [2.24, 2.45) is 0 Å². The molecule has 2 atom stereocenters. The highest BCUT2D eigenvalue weighted by Gasteiger charge is 2.38. The van der Waals surface area contributed by atoms with Gasteiger partial charge in [0, 0.05) is 31.8 Å². The van der Waals surface area contributed by atoms with E-state index >= 15 is 0 Å². The Labute approximate surface area is 117 Å². The Bertz CT molecular complexity index is 377. The largest absolute Gasteiger partial charge is 0.392 e. The fraction of sp³-hybridized carbons (Fsp3) is 0.692. The second-order valence-electron chi connectivity index (χ2n) is 4.95. The molecule has 2 rings (SSSR count). The van der Waals surface area contributed by atoms with Crippen LogP contribution in [0.5, 0.6) is 0 Å². The summed E-state index contributed by atoms with van der Waals surface area (Å²) in [5.41, 5.74) is 1.20. The normalized spacial score (nSPS) is 29.6. The van der Waals surface area contributed by atoms with Crippen LogP contribution < -0.4 is 5.32 Å². The number of allylic oxidation sites excluding steroid dienone is 4. The number of morpholine rings is 1.